The third kappa shape index (κ3) is 4.57. The van der Waals surface area contributed by atoms with Gasteiger partial charge in [-0.25, -0.2) is 4.79 Å². The van der Waals surface area contributed by atoms with Crippen LogP contribution in [0.3, 0.4) is 0 Å². The van der Waals surface area contributed by atoms with Gasteiger partial charge in [-0.1, -0.05) is 34.8 Å². The highest BCUT2D eigenvalue weighted by Crippen LogP contribution is 2.31. The standard InChI is InChI=1S/C13H7Cl3N2O5S/c14-8-3-6(18(21)22)1-2-9(8)17-11(19)5-23-13(20)7-4-10(15)24-12(7)16/h1-4H,5H2,(H,17,19). The highest BCUT2D eigenvalue weighted by molar-refractivity contribution is 7.20. The van der Waals surface area contributed by atoms with Crippen molar-refractivity contribution in [3.05, 3.63) is 53.6 Å². The second kappa shape index (κ2) is 7.80. The van der Waals surface area contributed by atoms with E-state index in [0.717, 1.165) is 17.4 Å². The van der Waals surface area contributed by atoms with Gasteiger partial charge in [-0.3, -0.25) is 14.9 Å². The van der Waals surface area contributed by atoms with E-state index < -0.39 is 23.4 Å². The topological polar surface area (TPSA) is 98.5 Å². The number of esters is 1. The number of carbonyl (C=O) groups excluding carboxylic acids is 2. The number of carbonyl (C=O) groups is 2. The molecular weight excluding hydrogens is 403 g/mol. The predicted octanol–water partition coefficient (Wildman–Crippen LogP) is 4.41. The summed E-state index contributed by atoms with van der Waals surface area (Å²) in [5.41, 5.74) is 0.00108. The summed E-state index contributed by atoms with van der Waals surface area (Å²) < 4.78 is 5.29. The molecule has 0 unspecified atom stereocenters. The summed E-state index contributed by atoms with van der Waals surface area (Å²) in [6.07, 6.45) is 0. The Labute approximate surface area is 154 Å². The monoisotopic (exact) mass is 408 g/mol. The fourth-order valence-electron chi connectivity index (χ4n) is 1.59. The zero-order chi connectivity index (χ0) is 17.9. The Morgan fingerprint density at radius 2 is 1.96 bits per heavy atom. The molecule has 0 radical (unpaired) electrons. The number of benzene rings is 1. The maximum absolute atomic E-state index is 11.8. The minimum Gasteiger partial charge on any atom is -0.452 e. The summed E-state index contributed by atoms with van der Waals surface area (Å²) in [5.74, 6) is -1.47. The molecule has 0 aliphatic rings. The molecule has 2 aromatic rings. The van der Waals surface area contributed by atoms with Crippen molar-refractivity contribution in [2.45, 2.75) is 0 Å². The van der Waals surface area contributed by atoms with Crippen molar-refractivity contribution in [1.29, 1.82) is 0 Å². The quantitative estimate of drug-likeness (QED) is 0.448. The van der Waals surface area contributed by atoms with Crippen molar-refractivity contribution in [1.82, 2.24) is 0 Å². The number of halogens is 3. The second-order valence-corrected chi connectivity index (χ2v) is 6.98. The lowest BCUT2D eigenvalue weighted by Gasteiger charge is -2.07. The molecule has 1 N–H and O–H groups in total. The van der Waals surface area contributed by atoms with Gasteiger partial charge in [0.2, 0.25) is 0 Å². The average molecular weight is 410 g/mol. The van der Waals surface area contributed by atoms with E-state index in [9.17, 15) is 19.7 Å². The summed E-state index contributed by atoms with van der Waals surface area (Å²) in [4.78, 5) is 33.5. The number of rotatable bonds is 5. The first kappa shape index (κ1) is 18.5. The summed E-state index contributed by atoms with van der Waals surface area (Å²) >= 11 is 18.4. The molecule has 0 fully saturated rings. The minimum absolute atomic E-state index is 0.0171. The Balaban J connectivity index is 1.95. The molecule has 0 saturated carbocycles. The highest BCUT2D eigenvalue weighted by Gasteiger charge is 2.17. The first-order chi connectivity index (χ1) is 11.3. The normalized spacial score (nSPS) is 10.3. The molecule has 0 bridgehead atoms. The van der Waals surface area contributed by atoms with Crippen LogP contribution in [0.1, 0.15) is 10.4 Å². The van der Waals surface area contributed by atoms with Gasteiger partial charge in [0.05, 0.1) is 25.5 Å². The highest BCUT2D eigenvalue weighted by atomic mass is 35.5. The summed E-state index contributed by atoms with van der Waals surface area (Å²) in [5, 5.41) is 13.0. The van der Waals surface area contributed by atoms with Crippen LogP contribution in [0.25, 0.3) is 0 Å². The molecule has 1 heterocycles. The average Bonchev–Trinajstić information content (AvgIpc) is 2.85. The first-order valence-electron chi connectivity index (χ1n) is 6.13. The molecule has 24 heavy (non-hydrogen) atoms. The third-order valence-electron chi connectivity index (χ3n) is 2.65. The van der Waals surface area contributed by atoms with Crippen LogP contribution in [-0.2, 0) is 9.53 Å². The van der Waals surface area contributed by atoms with Crippen molar-refractivity contribution < 1.29 is 19.2 Å². The Kier molecular flexibility index (Phi) is 6.00. The SMILES string of the molecule is O=C(COC(=O)c1cc(Cl)sc1Cl)Nc1ccc([N+](=O)[O-])cc1Cl. The van der Waals surface area contributed by atoms with E-state index in [0.29, 0.717) is 4.34 Å². The molecule has 0 aliphatic heterocycles. The fraction of sp³-hybridized carbons (Fsp3) is 0.0769. The number of anilines is 1. The molecule has 0 atom stereocenters. The van der Waals surface area contributed by atoms with E-state index in [1.54, 1.807) is 0 Å². The third-order valence-corrected chi connectivity index (χ3v) is 4.45. The van der Waals surface area contributed by atoms with Crippen LogP contribution in [0.2, 0.25) is 13.7 Å². The molecule has 2 rings (SSSR count). The molecule has 7 nitrogen and oxygen atoms in total. The number of nitrogens with one attached hydrogen (secondary N) is 1. The zero-order valence-electron chi connectivity index (χ0n) is 11.5. The molecule has 1 aromatic heterocycles. The van der Waals surface area contributed by atoms with Gasteiger partial charge in [0.15, 0.2) is 6.61 Å². The molecule has 126 valence electrons. The van der Waals surface area contributed by atoms with Crippen LogP contribution < -0.4 is 5.32 Å². The van der Waals surface area contributed by atoms with Crippen molar-refractivity contribution in [2.24, 2.45) is 0 Å². The van der Waals surface area contributed by atoms with Gasteiger partial charge in [0.1, 0.15) is 4.34 Å². The summed E-state index contributed by atoms with van der Waals surface area (Å²) in [7, 11) is 0. The van der Waals surface area contributed by atoms with Gasteiger partial charge >= 0.3 is 5.97 Å². The van der Waals surface area contributed by atoms with E-state index in [-0.39, 0.29) is 26.3 Å². The van der Waals surface area contributed by atoms with Crippen LogP contribution >= 0.6 is 46.1 Å². The molecule has 11 heteroatoms. The Morgan fingerprint density at radius 1 is 1.25 bits per heavy atom. The van der Waals surface area contributed by atoms with E-state index in [2.05, 4.69) is 5.32 Å². The molecule has 0 saturated heterocycles. The zero-order valence-corrected chi connectivity index (χ0v) is 14.6. The van der Waals surface area contributed by atoms with E-state index in [1.165, 1.54) is 18.2 Å². The summed E-state index contributed by atoms with van der Waals surface area (Å²) in [6, 6.07) is 4.88. The van der Waals surface area contributed by atoms with Crippen molar-refractivity contribution in [2.75, 3.05) is 11.9 Å². The number of ether oxygens (including phenoxy) is 1. The Morgan fingerprint density at radius 3 is 2.50 bits per heavy atom. The Bertz CT molecular complexity index is 824. The molecule has 1 aromatic carbocycles. The Hall–Kier alpha value is -1.87. The number of hydrogen-bond acceptors (Lipinski definition) is 6. The van der Waals surface area contributed by atoms with Gasteiger partial charge in [-0.2, -0.15) is 0 Å². The summed E-state index contributed by atoms with van der Waals surface area (Å²) in [6.45, 7) is -0.587. The number of hydrogen-bond donors (Lipinski definition) is 1. The second-order valence-electron chi connectivity index (χ2n) is 4.28. The van der Waals surface area contributed by atoms with Crippen molar-refractivity contribution in [3.63, 3.8) is 0 Å². The van der Waals surface area contributed by atoms with E-state index >= 15 is 0 Å². The van der Waals surface area contributed by atoms with E-state index in [1.807, 2.05) is 0 Å². The molecule has 0 aliphatic carbocycles. The van der Waals surface area contributed by atoms with Crippen LogP contribution in [0, 0.1) is 10.1 Å². The molecular formula is C13H7Cl3N2O5S. The number of nitro groups is 1. The van der Waals surface area contributed by atoms with Crippen LogP contribution in [0.15, 0.2) is 24.3 Å². The van der Waals surface area contributed by atoms with Gasteiger partial charge in [0.25, 0.3) is 11.6 Å². The van der Waals surface area contributed by atoms with E-state index in [4.69, 9.17) is 39.5 Å². The van der Waals surface area contributed by atoms with Crippen molar-refractivity contribution >= 4 is 69.4 Å². The molecule has 0 spiro atoms. The fourth-order valence-corrected chi connectivity index (χ4v) is 3.26. The predicted molar refractivity (Wildman–Crippen MR) is 91.4 cm³/mol. The first-order valence-corrected chi connectivity index (χ1v) is 8.08. The molecule has 1 amide bonds. The maximum Gasteiger partial charge on any atom is 0.341 e. The number of thiophene rings is 1. The smallest absolute Gasteiger partial charge is 0.341 e. The van der Waals surface area contributed by atoms with Crippen LogP contribution in [-0.4, -0.2) is 23.4 Å². The largest absolute Gasteiger partial charge is 0.452 e. The minimum atomic E-state index is -0.798. The van der Waals surface area contributed by atoms with Gasteiger partial charge in [-0.05, 0) is 12.1 Å². The van der Waals surface area contributed by atoms with Gasteiger partial charge in [-0.15, -0.1) is 11.3 Å². The number of amides is 1. The number of nitro benzene ring substituents is 1. The van der Waals surface area contributed by atoms with Gasteiger partial charge in [0, 0.05) is 12.1 Å². The van der Waals surface area contributed by atoms with Gasteiger partial charge < -0.3 is 10.1 Å². The number of nitrogens with zero attached hydrogens (tertiary/aromatic N) is 1. The lowest BCUT2D eigenvalue weighted by molar-refractivity contribution is -0.384. The van der Waals surface area contributed by atoms with Crippen LogP contribution in [0.5, 0.6) is 0 Å². The lowest BCUT2D eigenvalue weighted by Crippen LogP contribution is -2.21. The lowest BCUT2D eigenvalue weighted by atomic mass is 10.3. The number of non-ortho nitro benzene ring substituents is 1. The van der Waals surface area contributed by atoms with Crippen molar-refractivity contribution in [3.8, 4) is 0 Å². The maximum atomic E-state index is 11.8. The van der Waals surface area contributed by atoms with Crippen LogP contribution in [0.4, 0.5) is 11.4 Å².